The summed E-state index contributed by atoms with van der Waals surface area (Å²) in [6.07, 6.45) is 0.754. The lowest BCUT2D eigenvalue weighted by molar-refractivity contribution is -0.108. The monoisotopic (exact) mass is 253 g/mol. The summed E-state index contributed by atoms with van der Waals surface area (Å²) in [4.78, 5) is 24.6. The molecule has 0 aromatic heterocycles. The third-order valence-corrected chi connectivity index (χ3v) is 2.82. The normalized spacial score (nSPS) is 9.89. The van der Waals surface area contributed by atoms with Crippen molar-refractivity contribution in [1.82, 2.24) is 4.90 Å². The van der Waals surface area contributed by atoms with Gasteiger partial charge in [-0.3, -0.25) is 4.79 Å². The molecule has 19 heavy (non-hydrogen) atoms. The molecule has 0 radical (unpaired) electrons. The van der Waals surface area contributed by atoms with E-state index >= 15 is 0 Å². The Labute approximate surface area is 112 Å². The van der Waals surface area contributed by atoms with Crippen LogP contribution in [-0.4, -0.2) is 23.6 Å². The molecule has 0 unspecified atom stereocenters. The fourth-order valence-corrected chi connectivity index (χ4v) is 1.88. The Bertz CT molecular complexity index is 537. The number of hydrogen-bond donors (Lipinski definition) is 0. The van der Waals surface area contributed by atoms with Gasteiger partial charge in [0, 0.05) is 12.1 Å². The van der Waals surface area contributed by atoms with Gasteiger partial charge in [-0.2, -0.15) is 0 Å². The molecule has 0 atom stereocenters. The third kappa shape index (κ3) is 3.52. The number of hydrogen-bond acceptors (Lipinski definition) is 2. The first-order chi connectivity index (χ1) is 9.31. The summed E-state index contributed by atoms with van der Waals surface area (Å²) in [5, 5.41) is 0. The van der Waals surface area contributed by atoms with Crippen LogP contribution in [0.15, 0.2) is 60.7 Å². The maximum atomic E-state index is 12.3. The molecule has 0 aliphatic carbocycles. The minimum atomic E-state index is -0.128. The van der Waals surface area contributed by atoms with E-state index in [2.05, 4.69) is 0 Å². The molecule has 0 heterocycles. The highest BCUT2D eigenvalue weighted by Gasteiger charge is 2.15. The largest absolute Gasteiger partial charge is 0.327 e. The van der Waals surface area contributed by atoms with E-state index in [0.717, 1.165) is 11.8 Å². The fraction of sp³-hybridized carbons (Fsp3) is 0.125. The SMILES string of the molecule is O=CCN(Cc1ccccc1)C(=O)c1ccccc1. The number of carbonyl (C=O) groups is 2. The van der Waals surface area contributed by atoms with E-state index < -0.39 is 0 Å². The van der Waals surface area contributed by atoms with E-state index in [4.69, 9.17) is 0 Å². The lowest BCUT2D eigenvalue weighted by Gasteiger charge is -2.20. The highest BCUT2D eigenvalue weighted by atomic mass is 16.2. The van der Waals surface area contributed by atoms with Crippen molar-refractivity contribution in [3.63, 3.8) is 0 Å². The second kappa shape index (κ2) is 6.50. The van der Waals surface area contributed by atoms with Crippen LogP contribution in [-0.2, 0) is 11.3 Å². The van der Waals surface area contributed by atoms with Gasteiger partial charge < -0.3 is 9.69 Å². The zero-order chi connectivity index (χ0) is 13.5. The number of rotatable bonds is 5. The fourth-order valence-electron chi connectivity index (χ4n) is 1.88. The molecule has 0 aliphatic rings. The minimum Gasteiger partial charge on any atom is -0.327 e. The van der Waals surface area contributed by atoms with Crippen molar-refractivity contribution in [2.24, 2.45) is 0 Å². The molecule has 2 aromatic rings. The van der Waals surface area contributed by atoms with E-state index in [1.165, 1.54) is 4.90 Å². The van der Waals surface area contributed by atoms with Crippen molar-refractivity contribution in [1.29, 1.82) is 0 Å². The van der Waals surface area contributed by atoms with Crippen LogP contribution in [0.4, 0.5) is 0 Å². The van der Waals surface area contributed by atoms with E-state index in [1.54, 1.807) is 12.1 Å². The summed E-state index contributed by atoms with van der Waals surface area (Å²) in [6, 6.07) is 18.6. The first-order valence-corrected chi connectivity index (χ1v) is 6.13. The van der Waals surface area contributed by atoms with Gasteiger partial charge in [-0.25, -0.2) is 0 Å². The smallest absolute Gasteiger partial charge is 0.254 e. The van der Waals surface area contributed by atoms with Crippen LogP contribution in [0.5, 0.6) is 0 Å². The Morgan fingerprint density at radius 2 is 1.53 bits per heavy atom. The highest BCUT2D eigenvalue weighted by molar-refractivity contribution is 5.95. The minimum absolute atomic E-state index is 0.0998. The van der Waals surface area contributed by atoms with Gasteiger partial charge in [-0.1, -0.05) is 48.5 Å². The predicted octanol–water partition coefficient (Wildman–Crippen LogP) is 2.53. The second-order valence-electron chi connectivity index (χ2n) is 4.20. The maximum absolute atomic E-state index is 12.3. The van der Waals surface area contributed by atoms with Crippen LogP contribution in [0.3, 0.4) is 0 Å². The number of carbonyl (C=O) groups excluding carboxylic acids is 2. The lowest BCUT2D eigenvalue weighted by atomic mass is 10.1. The average molecular weight is 253 g/mol. The van der Waals surface area contributed by atoms with Gasteiger partial charge in [0.25, 0.3) is 5.91 Å². The summed E-state index contributed by atoms with van der Waals surface area (Å²) in [6.45, 7) is 0.538. The molecule has 0 aliphatic heterocycles. The Balaban J connectivity index is 2.16. The summed E-state index contributed by atoms with van der Waals surface area (Å²) in [7, 11) is 0. The molecule has 1 amide bonds. The first-order valence-electron chi connectivity index (χ1n) is 6.13. The Morgan fingerprint density at radius 3 is 2.11 bits per heavy atom. The van der Waals surface area contributed by atoms with Crippen molar-refractivity contribution in [3.05, 3.63) is 71.8 Å². The van der Waals surface area contributed by atoms with Gasteiger partial charge >= 0.3 is 0 Å². The Kier molecular flexibility index (Phi) is 4.45. The topological polar surface area (TPSA) is 37.4 Å². The molecule has 0 bridgehead atoms. The quantitative estimate of drug-likeness (QED) is 0.768. The summed E-state index contributed by atoms with van der Waals surface area (Å²) in [5.41, 5.74) is 1.61. The second-order valence-corrected chi connectivity index (χ2v) is 4.20. The average Bonchev–Trinajstić information content (AvgIpc) is 2.48. The van der Waals surface area contributed by atoms with Crippen molar-refractivity contribution in [2.45, 2.75) is 6.54 Å². The number of amides is 1. The lowest BCUT2D eigenvalue weighted by Crippen LogP contribution is -2.32. The zero-order valence-electron chi connectivity index (χ0n) is 10.5. The van der Waals surface area contributed by atoms with E-state index in [9.17, 15) is 9.59 Å². The molecule has 0 fully saturated rings. The molecule has 3 nitrogen and oxygen atoms in total. The number of benzene rings is 2. The summed E-state index contributed by atoms with van der Waals surface area (Å²) >= 11 is 0. The Morgan fingerprint density at radius 1 is 0.947 bits per heavy atom. The van der Waals surface area contributed by atoms with Gasteiger partial charge in [-0.05, 0) is 17.7 Å². The molecule has 3 heteroatoms. The molecule has 0 saturated carbocycles. The van der Waals surface area contributed by atoms with E-state index in [-0.39, 0.29) is 12.5 Å². The molecule has 0 saturated heterocycles. The number of nitrogens with zero attached hydrogens (tertiary/aromatic N) is 1. The molecule has 96 valence electrons. The third-order valence-electron chi connectivity index (χ3n) is 2.82. The van der Waals surface area contributed by atoms with Crippen molar-refractivity contribution >= 4 is 12.2 Å². The van der Waals surface area contributed by atoms with Crippen LogP contribution >= 0.6 is 0 Å². The van der Waals surface area contributed by atoms with Crippen LogP contribution in [0.1, 0.15) is 15.9 Å². The van der Waals surface area contributed by atoms with Gasteiger partial charge in [0.1, 0.15) is 6.29 Å². The van der Waals surface area contributed by atoms with Crippen LogP contribution < -0.4 is 0 Å². The van der Waals surface area contributed by atoms with Gasteiger partial charge in [0.15, 0.2) is 0 Å². The highest BCUT2D eigenvalue weighted by Crippen LogP contribution is 2.09. The summed E-state index contributed by atoms with van der Waals surface area (Å²) in [5.74, 6) is -0.128. The predicted molar refractivity (Wildman–Crippen MR) is 73.7 cm³/mol. The summed E-state index contributed by atoms with van der Waals surface area (Å²) < 4.78 is 0. The van der Waals surface area contributed by atoms with Crippen LogP contribution in [0, 0.1) is 0 Å². The number of aldehydes is 1. The van der Waals surface area contributed by atoms with Crippen LogP contribution in [0.2, 0.25) is 0 Å². The Hall–Kier alpha value is -2.42. The first kappa shape index (κ1) is 13.0. The van der Waals surface area contributed by atoms with Crippen molar-refractivity contribution in [2.75, 3.05) is 6.54 Å². The van der Waals surface area contributed by atoms with Gasteiger partial charge in [-0.15, -0.1) is 0 Å². The molecule has 2 aromatic carbocycles. The zero-order valence-corrected chi connectivity index (χ0v) is 10.5. The van der Waals surface area contributed by atoms with E-state index in [1.807, 2.05) is 48.5 Å². The molecule has 0 N–H and O–H groups in total. The molecule has 2 rings (SSSR count). The molecular weight excluding hydrogens is 238 g/mol. The standard InChI is InChI=1S/C16H15NO2/c18-12-11-17(13-14-7-3-1-4-8-14)16(19)15-9-5-2-6-10-15/h1-10,12H,11,13H2. The van der Waals surface area contributed by atoms with E-state index in [0.29, 0.717) is 12.1 Å². The molecular formula is C16H15NO2. The molecule has 0 spiro atoms. The van der Waals surface area contributed by atoms with Crippen molar-refractivity contribution < 1.29 is 9.59 Å². The van der Waals surface area contributed by atoms with Crippen molar-refractivity contribution in [3.8, 4) is 0 Å². The van der Waals surface area contributed by atoms with Gasteiger partial charge in [0.2, 0.25) is 0 Å². The van der Waals surface area contributed by atoms with Gasteiger partial charge in [0.05, 0.1) is 6.54 Å². The van der Waals surface area contributed by atoms with Crippen LogP contribution in [0.25, 0.3) is 0 Å². The maximum Gasteiger partial charge on any atom is 0.254 e.